The molecule has 2 rings (SSSR count). The molecule has 2 aromatic rings. The first-order valence-electron chi connectivity index (χ1n) is 4.49. The van der Waals surface area contributed by atoms with Crippen LogP contribution in [-0.4, -0.2) is 9.55 Å². The minimum Gasteiger partial charge on any atom is -0.325 e. The average molecular weight is 227 g/mol. The number of benzene rings is 1. The first-order valence-corrected chi connectivity index (χ1v) is 4.49. The highest BCUT2D eigenvalue weighted by Crippen LogP contribution is 2.19. The summed E-state index contributed by atoms with van der Waals surface area (Å²) in [5.41, 5.74) is 5.79. The average Bonchev–Trinajstić information content (AvgIpc) is 2.71. The number of halogens is 3. The van der Waals surface area contributed by atoms with Gasteiger partial charge in [-0.3, -0.25) is 4.57 Å². The van der Waals surface area contributed by atoms with E-state index in [0.717, 1.165) is 6.07 Å². The molecule has 0 saturated heterocycles. The quantitative estimate of drug-likeness (QED) is 0.794. The maximum atomic E-state index is 13.4. The van der Waals surface area contributed by atoms with Crippen LogP contribution in [0.25, 0.3) is 5.69 Å². The Morgan fingerprint density at radius 2 is 1.81 bits per heavy atom. The van der Waals surface area contributed by atoms with Crippen molar-refractivity contribution in [1.29, 1.82) is 0 Å². The van der Waals surface area contributed by atoms with Crippen LogP contribution in [0.3, 0.4) is 0 Å². The van der Waals surface area contributed by atoms with E-state index < -0.39 is 17.5 Å². The predicted molar refractivity (Wildman–Crippen MR) is 51.3 cm³/mol. The van der Waals surface area contributed by atoms with Crippen molar-refractivity contribution in [3.05, 3.63) is 47.8 Å². The standard InChI is InChI=1S/C10H8F3N3/c11-7-1-9(13)10(2-8(7)12)16-5-15-4-6(16)3-14/h1-2,4-5H,3,14H2. The third-order valence-electron chi connectivity index (χ3n) is 2.17. The molecule has 1 heterocycles. The molecule has 0 aliphatic rings. The summed E-state index contributed by atoms with van der Waals surface area (Å²) in [4.78, 5) is 3.76. The Morgan fingerprint density at radius 1 is 1.12 bits per heavy atom. The molecule has 6 heteroatoms. The molecule has 1 aromatic carbocycles. The Morgan fingerprint density at radius 3 is 2.50 bits per heavy atom. The van der Waals surface area contributed by atoms with E-state index in [-0.39, 0.29) is 12.2 Å². The van der Waals surface area contributed by atoms with Gasteiger partial charge in [0.2, 0.25) is 0 Å². The zero-order chi connectivity index (χ0) is 11.7. The van der Waals surface area contributed by atoms with Crippen LogP contribution in [0.1, 0.15) is 5.69 Å². The van der Waals surface area contributed by atoms with E-state index in [9.17, 15) is 13.2 Å². The summed E-state index contributed by atoms with van der Waals surface area (Å²) in [6.45, 7) is 0.123. The third kappa shape index (κ3) is 1.67. The third-order valence-corrected chi connectivity index (χ3v) is 2.17. The second-order valence-electron chi connectivity index (χ2n) is 3.18. The number of imidazole rings is 1. The molecule has 0 aliphatic heterocycles. The Balaban J connectivity index is 2.60. The minimum absolute atomic E-state index is 0.114. The largest absolute Gasteiger partial charge is 0.325 e. The predicted octanol–water partition coefficient (Wildman–Crippen LogP) is 1.75. The number of nitrogens with zero attached hydrogens (tertiary/aromatic N) is 2. The van der Waals surface area contributed by atoms with Gasteiger partial charge in [0.05, 0.1) is 17.7 Å². The van der Waals surface area contributed by atoms with E-state index in [1.807, 2.05) is 0 Å². The molecule has 16 heavy (non-hydrogen) atoms. The van der Waals surface area contributed by atoms with Crippen molar-refractivity contribution in [3.8, 4) is 5.69 Å². The zero-order valence-electron chi connectivity index (χ0n) is 8.12. The lowest BCUT2D eigenvalue weighted by atomic mass is 10.2. The van der Waals surface area contributed by atoms with Gasteiger partial charge in [-0.25, -0.2) is 18.2 Å². The Kier molecular flexibility index (Phi) is 2.66. The van der Waals surface area contributed by atoms with Crippen LogP contribution in [0.4, 0.5) is 13.2 Å². The van der Waals surface area contributed by atoms with E-state index >= 15 is 0 Å². The summed E-state index contributed by atoms with van der Waals surface area (Å²) in [6.07, 6.45) is 2.72. The molecule has 2 N–H and O–H groups in total. The van der Waals surface area contributed by atoms with Crippen LogP contribution in [0.15, 0.2) is 24.7 Å². The summed E-state index contributed by atoms with van der Waals surface area (Å²) in [7, 11) is 0. The van der Waals surface area contributed by atoms with Crippen LogP contribution >= 0.6 is 0 Å². The summed E-state index contributed by atoms with van der Waals surface area (Å²) in [5, 5.41) is 0. The molecule has 1 aromatic heterocycles. The van der Waals surface area contributed by atoms with Gasteiger partial charge in [-0.2, -0.15) is 0 Å². The van der Waals surface area contributed by atoms with E-state index in [1.54, 1.807) is 0 Å². The maximum Gasteiger partial charge on any atom is 0.161 e. The molecule has 0 bridgehead atoms. The number of aromatic nitrogens is 2. The SMILES string of the molecule is NCc1cncn1-c1cc(F)c(F)cc1F. The Labute approximate surface area is 89.3 Å². The van der Waals surface area contributed by atoms with Crippen LogP contribution < -0.4 is 5.73 Å². The molecule has 0 unspecified atom stereocenters. The van der Waals surface area contributed by atoms with Gasteiger partial charge in [0.25, 0.3) is 0 Å². The van der Waals surface area contributed by atoms with Gasteiger partial charge in [0.1, 0.15) is 5.82 Å². The molecular formula is C10H8F3N3. The van der Waals surface area contributed by atoms with Crippen molar-refractivity contribution in [2.75, 3.05) is 0 Å². The lowest BCUT2D eigenvalue weighted by molar-refractivity contribution is 0.492. The van der Waals surface area contributed by atoms with Gasteiger partial charge in [-0.05, 0) is 0 Å². The van der Waals surface area contributed by atoms with Crippen molar-refractivity contribution in [2.24, 2.45) is 5.73 Å². The van der Waals surface area contributed by atoms with Gasteiger partial charge >= 0.3 is 0 Å². The molecule has 0 saturated carbocycles. The van der Waals surface area contributed by atoms with E-state index in [0.29, 0.717) is 11.8 Å². The number of nitrogens with two attached hydrogens (primary N) is 1. The van der Waals surface area contributed by atoms with Gasteiger partial charge in [0.15, 0.2) is 11.6 Å². The van der Waals surface area contributed by atoms with E-state index in [2.05, 4.69) is 4.98 Å². The second-order valence-corrected chi connectivity index (χ2v) is 3.18. The lowest BCUT2D eigenvalue weighted by Crippen LogP contribution is -2.07. The topological polar surface area (TPSA) is 43.8 Å². The summed E-state index contributed by atoms with van der Waals surface area (Å²) < 4.78 is 40.4. The van der Waals surface area contributed by atoms with E-state index in [4.69, 9.17) is 5.73 Å². The summed E-state index contributed by atoms with van der Waals surface area (Å²) in [6, 6.07) is 1.26. The highest BCUT2D eigenvalue weighted by molar-refractivity contribution is 5.36. The highest BCUT2D eigenvalue weighted by Gasteiger charge is 2.13. The van der Waals surface area contributed by atoms with Gasteiger partial charge in [0, 0.05) is 24.9 Å². The fourth-order valence-electron chi connectivity index (χ4n) is 1.39. The smallest absolute Gasteiger partial charge is 0.161 e. The van der Waals surface area contributed by atoms with Gasteiger partial charge in [-0.1, -0.05) is 0 Å². The summed E-state index contributed by atoms with van der Waals surface area (Å²) >= 11 is 0. The van der Waals surface area contributed by atoms with Crippen LogP contribution in [0.5, 0.6) is 0 Å². The van der Waals surface area contributed by atoms with Gasteiger partial charge in [-0.15, -0.1) is 0 Å². The molecule has 0 aliphatic carbocycles. The van der Waals surface area contributed by atoms with Crippen molar-refractivity contribution in [1.82, 2.24) is 9.55 Å². The monoisotopic (exact) mass is 227 g/mol. The second kappa shape index (κ2) is 3.97. The Hall–Kier alpha value is -1.82. The Bertz CT molecular complexity index is 522. The fourth-order valence-corrected chi connectivity index (χ4v) is 1.39. The van der Waals surface area contributed by atoms with Crippen LogP contribution in [0, 0.1) is 17.5 Å². The fraction of sp³-hybridized carbons (Fsp3) is 0.100. The van der Waals surface area contributed by atoms with E-state index in [1.165, 1.54) is 17.1 Å². The molecule has 0 spiro atoms. The molecular weight excluding hydrogens is 219 g/mol. The van der Waals surface area contributed by atoms with Crippen LogP contribution in [0.2, 0.25) is 0 Å². The highest BCUT2D eigenvalue weighted by atomic mass is 19.2. The molecule has 0 atom stereocenters. The van der Waals surface area contributed by atoms with Gasteiger partial charge < -0.3 is 5.73 Å². The van der Waals surface area contributed by atoms with Crippen molar-refractivity contribution in [2.45, 2.75) is 6.54 Å². The number of rotatable bonds is 2. The number of hydrogen-bond donors (Lipinski definition) is 1. The molecule has 84 valence electrons. The molecule has 0 radical (unpaired) electrons. The lowest BCUT2D eigenvalue weighted by Gasteiger charge is -2.08. The van der Waals surface area contributed by atoms with Crippen LogP contribution in [-0.2, 0) is 6.54 Å². The molecule has 3 nitrogen and oxygen atoms in total. The minimum atomic E-state index is -1.23. The first kappa shape index (κ1) is 10.7. The normalized spacial score (nSPS) is 10.8. The van der Waals surface area contributed by atoms with Crippen molar-refractivity contribution >= 4 is 0 Å². The molecule has 0 amide bonds. The summed E-state index contributed by atoms with van der Waals surface area (Å²) in [5.74, 6) is -3.21. The maximum absolute atomic E-state index is 13.4. The van der Waals surface area contributed by atoms with Crippen molar-refractivity contribution in [3.63, 3.8) is 0 Å². The van der Waals surface area contributed by atoms with Crippen molar-refractivity contribution < 1.29 is 13.2 Å². The number of hydrogen-bond acceptors (Lipinski definition) is 2. The molecule has 0 fully saturated rings. The first-order chi connectivity index (χ1) is 7.63. The zero-order valence-corrected chi connectivity index (χ0v) is 8.12.